The molecule has 0 saturated carbocycles. The zero-order chi connectivity index (χ0) is 18.8. The quantitative estimate of drug-likeness (QED) is 0.656. The number of nitrogens with zero attached hydrogens (tertiary/aromatic N) is 2. The third kappa shape index (κ3) is 3.15. The summed E-state index contributed by atoms with van der Waals surface area (Å²) >= 11 is 1.38. The highest BCUT2D eigenvalue weighted by Crippen LogP contribution is 2.35. The molecule has 1 aliphatic rings. The highest BCUT2D eigenvalue weighted by atomic mass is 32.1. The van der Waals surface area contributed by atoms with Crippen LogP contribution < -0.4 is 19.0 Å². The van der Waals surface area contributed by atoms with Gasteiger partial charge in [0, 0.05) is 12.1 Å². The van der Waals surface area contributed by atoms with Crippen molar-refractivity contribution in [2.24, 2.45) is 4.99 Å². The first kappa shape index (κ1) is 17.2. The van der Waals surface area contributed by atoms with Crippen molar-refractivity contribution in [3.8, 4) is 29.6 Å². The van der Waals surface area contributed by atoms with E-state index < -0.39 is 0 Å². The number of benzene rings is 2. The number of carbonyl (C=O) groups excluding carboxylic acids is 1. The first-order valence-electron chi connectivity index (χ1n) is 8.30. The lowest BCUT2D eigenvalue weighted by molar-refractivity contribution is 0.0995. The average Bonchev–Trinajstić information content (AvgIpc) is 3.02. The fraction of sp³-hybridized carbons (Fsp3) is 0.200. The standard InChI is InChI=1S/C20H16N2O4S/c1-3-8-22-14-11-16-17(26-10-9-25-16)12-18(14)27-20(22)21-19(23)13-6-4-5-7-15(13)24-2/h1,4-7,11-12H,8-10H2,2H3. The molecule has 0 radical (unpaired) electrons. The molecular formula is C20H16N2O4S. The Bertz CT molecular complexity index is 1140. The summed E-state index contributed by atoms with van der Waals surface area (Å²) in [6.07, 6.45) is 5.54. The summed E-state index contributed by atoms with van der Waals surface area (Å²) in [6.45, 7) is 1.30. The summed E-state index contributed by atoms with van der Waals surface area (Å²) in [7, 11) is 1.52. The van der Waals surface area contributed by atoms with Crippen LogP contribution in [0, 0.1) is 12.3 Å². The SMILES string of the molecule is C#CCn1c(=NC(=O)c2ccccc2OC)sc2cc3c(cc21)OCCO3. The number of ether oxygens (including phenoxy) is 3. The van der Waals surface area contributed by atoms with Gasteiger partial charge in [-0.25, -0.2) is 0 Å². The number of para-hydroxylation sites is 1. The highest BCUT2D eigenvalue weighted by Gasteiger charge is 2.17. The molecule has 0 atom stereocenters. The number of amides is 1. The number of hydrogen-bond acceptors (Lipinski definition) is 5. The van der Waals surface area contributed by atoms with Crippen LogP contribution in [0.15, 0.2) is 41.4 Å². The van der Waals surface area contributed by atoms with Crippen LogP contribution in [0.25, 0.3) is 10.2 Å². The van der Waals surface area contributed by atoms with Crippen molar-refractivity contribution < 1.29 is 19.0 Å². The van der Waals surface area contributed by atoms with Crippen molar-refractivity contribution in [1.82, 2.24) is 4.57 Å². The van der Waals surface area contributed by atoms with Gasteiger partial charge in [-0.05, 0) is 12.1 Å². The normalized spacial score (nSPS) is 13.4. The van der Waals surface area contributed by atoms with E-state index in [1.165, 1.54) is 18.4 Å². The van der Waals surface area contributed by atoms with Gasteiger partial charge < -0.3 is 18.8 Å². The summed E-state index contributed by atoms with van der Waals surface area (Å²) in [4.78, 5) is 17.5. The maximum atomic E-state index is 12.7. The molecule has 2 aromatic carbocycles. The summed E-state index contributed by atoms with van der Waals surface area (Å²) in [6, 6.07) is 10.8. The van der Waals surface area contributed by atoms with Crippen LogP contribution in [-0.2, 0) is 6.54 Å². The van der Waals surface area contributed by atoms with Crippen molar-refractivity contribution in [2.75, 3.05) is 20.3 Å². The second-order valence-corrected chi connectivity index (χ2v) is 6.76. The lowest BCUT2D eigenvalue weighted by Gasteiger charge is -2.18. The first-order chi connectivity index (χ1) is 13.2. The molecule has 0 spiro atoms. The number of aromatic nitrogens is 1. The van der Waals surface area contributed by atoms with Gasteiger partial charge in [0.1, 0.15) is 19.0 Å². The third-order valence-corrected chi connectivity index (χ3v) is 5.17. The van der Waals surface area contributed by atoms with Crippen molar-refractivity contribution in [3.63, 3.8) is 0 Å². The van der Waals surface area contributed by atoms with Gasteiger partial charge in [0.25, 0.3) is 5.91 Å². The highest BCUT2D eigenvalue weighted by molar-refractivity contribution is 7.16. The predicted octanol–water partition coefficient (Wildman–Crippen LogP) is 2.86. The molecule has 0 aliphatic carbocycles. The Morgan fingerprint density at radius 3 is 2.78 bits per heavy atom. The summed E-state index contributed by atoms with van der Waals surface area (Å²) in [5.41, 5.74) is 1.25. The van der Waals surface area contributed by atoms with Crippen molar-refractivity contribution in [3.05, 3.63) is 46.8 Å². The summed E-state index contributed by atoms with van der Waals surface area (Å²) in [5, 5.41) is 0. The molecular weight excluding hydrogens is 364 g/mol. The van der Waals surface area contributed by atoms with Crippen LogP contribution in [0.2, 0.25) is 0 Å². The Hall–Kier alpha value is -3.24. The van der Waals surface area contributed by atoms with Crippen LogP contribution in [-0.4, -0.2) is 30.8 Å². The molecule has 0 unspecified atom stereocenters. The van der Waals surface area contributed by atoms with E-state index in [2.05, 4.69) is 10.9 Å². The van der Waals surface area contributed by atoms with E-state index in [9.17, 15) is 4.79 Å². The Labute approximate surface area is 159 Å². The summed E-state index contributed by atoms with van der Waals surface area (Å²) in [5.74, 6) is 4.06. The van der Waals surface area contributed by atoms with Crippen LogP contribution >= 0.6 is 11.3 Å². The molecule has 1 amide bonds. The molecule has 136 valence electrons. The van der Waals surface area contributed by atoms with Crippen molar-refractivity contribution >= 4 is 27.5 Å². The first-order valence-corrected chi connectivity index (χ1v) is 9.11. The van der Waals surface area contributed by atoms with Gasteiger partial charge in [-0.3, -0.25) is 4.79 Å². The van der Waals surface area contributed by atoms with Gasteiger partial charge in [-0.2, -0.15) is 4.99 Å². The maximum absolute atomic E-state index is 12.7. The molecule has 3 aromatic rings. The van der Waals surface area contributed by atoms with Crippen LogP contribution in [0.3, 0.4) is 0 Å². The van der Waals surface area contributed by atoms with E-state index in [1.54, 1.807) is 24.3 Å². The van der Waals surface area contributed by atoms with Crippen LogP contribution in [0.4, 0.5) is 0 Å². The topological polar surface area (TPSA) is 62.1 Å². The van der Waals surface area contributed by atoms with E-state index >= 15 is 0 Å². The lowest BCUT2D eigenvalue weighted by atomic mass is 10.2. The molecule has 1 aliphatic heterocycles. The molecule has 0 N–H and O–H groups in total. The van der Waals surface area contributed by atoms with Crippen LogP contribution in [0.5, 0.6) is 17.2 Å². The van der Waals surface area contributed by atoms with Gasteiger partial charge in [-0.1, -0.05) is 29.4 Å². The number of thiazole rings is 1. The molecule has 0 saturated heterocycles. The third-order valence-electron chi connectivity index (χ3n) is 4.13. The van der Waals surface area contributed by atoms with Crippen molar-refractivity contribution in [1.29, 1.82) is 0 Å². The van der Waals surface area contributed by atoms with E-state index in [1.807, 2.05) is 16.7 Å². The minimum atomic E-state index is -0.387. The number of methoxy groups -OCH3 is 1. The monoisotopic (exact) mass is 380 g/mol. The number of terminal acetylenes is 1. The van der Waals surface area contributed by atoms with Gasteiger partial charge in [0.2, 0.25) is 0 Å². The Balaban J connectivity index is 1.87. The smallest absolute Gasteiger partial charge is 0.283 e. The second-order valence-electron chi connectivity index (χ2n) is 5.76. The number of hydrogen-bond donors (Lipinski definition) is 0. The molecule has 0 bridgehead atoms. The Morgan fingerprint density at radius 1 is 1.30 bits per heavy atom. The zero-order valence-corrected chi connectivity index (χ0v) is 15.4. The van der Waals surface area contributed by atoms with Crippen molar-refractivity contribution in [2.45, 2.75) is 6.54 Å². The molecule has 7 heteroatoms. The lowest BCUT2D eigenvalue weighted by Crippen LogP contribution is -2.17. The fourth-order valence-electron chi connectivity index (χ4n) is 2.90. The minimum Gasteiger partial charge on any atom is -0.496 e. The average molecular weight is 380 g/mol. The van der Waals surface area contributed by atoms with Gasteiger partial charge in [0.05, 0.1) is 29.4 Å². The second kappa shape index (κ2) is 7.17. The van der Waals surface area contributed by atoms with E-state index in [0.29, 0.717) is 40.8 Å². The number of carbonyl (C=O) groups is 1. The van der Waals surface area contributed by atoms with E-state index in [4.69, 9.17) is 20.6 Å². The fourth-order valence-corrected chi connectivity index (χ4v) is 3.94. The number of rotatable bonds is 3. The molecule has 0 fully saturated rings. The predicted molar refractivity (Wildman–Crippen MR) is 103 cm³/mol. The minimum absolute atomic E-state index is 0.289. The molecule has 4 rings (SSSR count). The van der Waals surface area contributed by atoms with Crippen LogP contribution in [0.1, 0.15) is 10.4 Å². The number of fused-ring (bicyclic) bond motifs is 2. The van der Waals surface area contributed by atoms with Gasteiger partial charge in [0.15, 0.2) is 16.3 Å². The maximum Gasteiger partial charge on any atom is 0.283 e. The van der Waals surface area contributed by atoms with E-state index in [-0.39, 0.29) is 12.5 Å². The zero-order valence-electron chi connectivity index (χ0n) is 14.6. The summed E-state index contributed by atoms with van der Waals surface area (Å²) < 4.78 is 19.3. The van der Waals surface area contributed by atoms with Gasteiger partial charge >= 0.3 is 0 Å². The molecule has 2 heterocycles. The largest absolute Gasteiger partial charge is 0.496 e. The molecule has 6 nitrogen and oxygen atoms in total. The Morgan fingerprint density at radius 2 is 2.04 bits per heavy atom. The Kier molecular flexibility index (Phi) is 4.57. The van der Waals surface area contributed by atoms with E-state index in [0.717, 1.165) is 10.2 Å². The molecule has 1 aromatic heterocycles. The van der Waals surface area contributed by atoms with Gasteiger partial charge in [-0.15, -0.1) is 6.42 Å². The molecule has 27 heavy (non-hydrogen) atoms.